The quantitative estimate of drug-likeness (QED) is 0.860. The van der Waals surface area contributed by atoms with Gasteiger partial charge in [0.25, 0.3) is 0 Å². The molecule has 0 atom stereocenters. The van der Waals surface area contributed by atoms with E-state index in [1.54, 1.807) is 0 Å². The fourth-order valence-corrected chi connectivity index (χ4v) is 2.97. The molecule has 0 fully saturated rings. The minimum absolute atomic E-state index is 0.102. The molecule has 0 saturated heterocycles. The molecule has 10 heteroatoms. The van der Waals surface area contributed by atoms with E-state index in [1.165, 1.54) is 19.1 Å². The number of halogens is 2. The van der Waals surface area contributed by atoms with E-state index in [0.717, 1.165) is 4.68 Å². The zero-order valence-electron chi connectivity index (χ0n) is 13.6. The van der Waals surface area contributed by atoms with Crippen molar-refractivity contribution >= 4 is 38.9 Å². The highest BCUT2D eigenvalue weighted by atomic mass is 35.5. The van der Waals surface area contributed by atoms with E-state index in [1.807, 2.05) is 20.8 Å². The minimum atomic E-state index is -3.54. The summed E-state index contributed by atoms with van der Waals surface area (Å²) in [6.45, 7) is 7.01. The first-order valence-electron chi connectivity index (χ1n) is 7.05. The standard InChI is InChI=1S/C14H17Cl2N3O4S/c1-5-24(21,22)18-10-7-11(9(16)6-8(10)15)19-13(20)23-12(17-19)14(2,3)4/h6-7,18H,5H2,1-4H3. The largest absolute Gasteiger partial charge is 0.442 e. The first-order valence-corrected chi connectivity index (χ1v) is 9.46. The van der Waals surface area contributed by atoms with Gasteiger partial charge in [-0.25, -0.2) is 13.2 Å². The number of nitrogens with one attached hydrogen (secondary N) is 1. The molecular formula is C14H17Cl2N3O4S. The van der Waals surface area contributed by atoms with Crippen LogP contribution in [0.25, 0.3) is 5.69 Å². The van der Waals surface area contributed by atoms with Crippen molar-refractivity contribution in [1.29, 1.82) is 0 Å². The number of anilines is 1. The van der Waals surface area contributed by atoms with Gasteiger partial charge < -0.3 is 4.42 Å². The van der Waals surface area contributed by atoms with E-state index < -0.39 is 21.2 Å². The number of aromatic nitrogens is 2. The van der Waals surface area contributed by atoms with Crippen LogP contribution in [0.1, 0.15) is 33.6 Å². The molecule has 0 aliphatic carbocycles. The predicted octanol–water partition coefficient (Wildman–Crippen LogP) is 3.19. The molecule has 0 spiro atoms. The van der Waals surface area contributed by atoms with Crippen LogP contribution < -0.4 is 10.5 Å². The fourth-order valence-electron chi connectivity index (χ4n) is 1.75. The third-order valence-corrected chi connectivity index (χ3v) is 5.01. The van der Waals surface area contributed by atoms with Crippen LogP contribution in [-0.2, 0) is 15.4 Å². The van der Waals surface area contributed by atoms with Crippen molar-refractivity contribution in [3.05, 3.63) is 38.6 Å². The van der Waals surface area contributed by atoms with Crippen LogP contribution in [0, 0.1) is 0 Å². The van der Waals surface area contributed by atoms with Gasteiger partial charge in [-0.3, -0.25) is 4.72 Å². The number of benzene rings is 1. The van der Waals surface area contributed by atoms with Gasteiger partial charge in [-0.15, -0.1) is 5.10 Å². The molecule has 0 aliphatic heterocycles. The van der Waals surface area contributed by atoms with Crippen LogP contribution in [0.5, 0.6) is 0 Å². The number of nitrogens with zero attached hydrogens (tertiary/aromatic N) is 2. The van der Waals surface area contributed by atoms with E-state index >= 15 is 0 Å². The predicted molar refractivity (Wildman–Crippen MR) is 93.9 cm³/mol. The lowest BCUT2D eigenvalue weighted by atomic mass is 9.97. The van der Waals surface area contributed by atoms with Gasteiger partial charge in [0.15, 0.2) is 0 Å². The Kier molecular flexibility index (Phi) is 5.03. The monoisotopic (exact) mass is 393 g/mol. The van der Waals surface area contributed by atoms with E-state index in [4.69, 9.17) is 27.6 Å². The minimum Gasteiger partial charge on any atom is -0.391 e. The SMILES string of the molecule is CCS(=O)(=O)Nc1cc(-n2nc(C(C)(C)C)oc2=O)c(Cl)cc1Cl. The Labute approximate surface area is 149 Å². The van der Waals surface area contributed by atoms with Gasteiger partial charge in [-0.05, 0) is 19.1 Å². The summed E-state index contributed by atoms with van der Waals surface area (Å²) in [5, 5.41) is 4.37. The van der Waals surface area contributed by atoms with Gasteiger partial charge in [0.1, 0.15) is 0 Å². The summed E-state index contributed by atoms with van der Waals surface area (Å²) in [7, 11) is -3.54. The molecule has 7 nitrogen and oxygen atoms in total. The molecule has 0 unspecified atom stereocenters. The summed E-state index contributed by atoms with van der Waals surface area (Å²) >= 11 is 12.2. The molecule has 0 bridgehead atoms. The van der Waals surface area contributed by atoms with Crippen molar-refractivity contribution in [3.8, 4) is 5.69 Å². The van der Waals surface area contributed by atoms with Crippen molar-refractivity contribution in [1.82, 2.24) is 9.78 Å². The van der Waals surface area contributed by atoms with E-state index in [9.17, 15) is 13.2 Å². The molecule has 1 aromatic heterocycles. The Bertz CT molecular complexity index is 926. The molecule has 1 N–H and O–H groups in total. The molecule has 0 radical (unpaired) electrons. The molecule has 0 saturated carbocycles. The normalized spacial score (nSPS) is 12.4. The molecule has 1 heterocycles. The Morgan fingerprint density at radius 2 is 1.88 bits per heavy atom. The number of rotatable bonds is 4. The Balaban J connectivity index is 2.60. The lowest BCUT2D eigenvalue weighted by molar-refractivity contribution is 0.375. The van der Waals surface area contributed by atoms with Crippen LogP contribution in [-0.4, -0.2) is 24.0 Å². The van der Waals surface area contributed by atoms with Gasteiger partial charge in [0.05, 0.1) is 27.2 Å². The summed E-state index contributed by atoms with van der Waals surface area (Å²) in [6.07, 6.45) is 0. The van der Waals surface area contributed by atoms with Crippen molar-refractivity contribution in [2.45, 2.75) is 33.1 Å². The van der Waals surface area contributed by atoms with Crippen LogP contribution in [0.15, 0.2) is 21.3 Å². The summed E-state index contributed by atoms with van der Waals surface area (Å²) in [4.78, 5) is 12.1. The molecule has 0 aliphatic rings. The van der Waals surface area contributed by atoms with E-state index in [0.29, 0.717) is 0 Å². The van der Waals surface area contributed by atoms with Gasteiger partial charge >= 0.3 is 5.76 Å². The maximum absolute atomic E-state index is 12.1. The molecule has 0 amide bonds. The second kappa shape index (κ2) is 6.42. The number of sulfonamides is 1. The first-order chi connectivity index (χ1) is 10.9. The van der Waals surface area contributed by atoms with Gasteiger partial charge in [0, 0.05) is 5.41 Å². The summed E-state index contributed by atoms with van der Waals surface area (Å²) < 4.78 is 32.0. The molecular weight excluding hydrogens is 377 g/mol. The zero-order chi connectivity index (χ0) is 18.3. The number of hydrogen-bond donors (Lipinski definition) is 1. The van der Waals surface area contributed by atoms with Gasteiger partial charge in [-0.1, -0.05) is 44.0 Å². The van der Waals surface area contributed by atoms with Gasteiger partial charge in [-0.2, -0.15) is 4.68 Å². The van der Waals surface area contributed by atoms with Crippen molar-refractivity contribution in [2.24, 2.45) is 0 Å². The fraction of sp³-hybridized carbons (Fsp3) is 0.429. The lowest BCUT2D eigenvalue weighted by Gasteiger charge is -2.12. The second-order valence-corrected chi connectivity index (χ2v) is 8.95. The second-order valence-electron chi connectivity index (χ2n) is 6.12. The summed E-state index contributed by atoms with van der Waals surface area (Å²) in [5.74, 6) is -0.623. The van der Waals surface area contributed by atoms with Crippen LogP contribution >= 0.6 is 23.2 Å². The van der Waals surface area contributed by atoms with E-state index in [-0.39, 0.29) is 33.1 Å². The highest BCUT2D eigenvalue weighted by Crippen LogP contribution is 2.32. The average Bonchev–Trinajstić information content (AvgIpc) is 2.84. The van der Waals surface area contributed by atoms with Gasteiger partial charge in [0.2, 0.25) is 15.9 Å². The molecule has 2 rings (SSSR count). The third-order valence-electron chi connectivity index (χ3n) is 3.10. The average molecular weight is 394 g/mol. The van der Waals surface area contributed by atoms with E-state index in [2.05, 4.69) is 9.82 Å². The topological polar surface area (TPSA) is 94.2 Å². The van der Waals surface area contributed by atoms with Crippen molar-refractivity contribution in [3.63, 3.8) is 0 Å². The first kappa shape index (κ1) is 18.8. The Morgan fingerprint density at radius 3 is 2.38 bits per heavy atom. The summed E-state index contributed by atoms with van der Waals surface area (Å²) in [6, 6.07) is 2.68. The Hall–Kier alpha value is -1.51. The molecule has 132 valence electrons. The number of hydrogen-bond acceptors (Lipinski definition) is 5. The molecule has 2 aromatic rings. The Morgan fingerprint density at radius 1 is 1.25 bits per heavy atom. The molecule has 24 heavy (non-hydrogen) atoms. The van der Waals surface area contributed by atoms with Crippen LogP contribution in [0.2, 0.25) is 10.0 Å². The lowest BCUT2D eigenvalue weighted by Crippen LogP contribution is -2.17. The van der Waals surface area contributed by atoms with Crippen molar-refractivity contribution in [2.75, 3.05) is 10.5 Å². The zero-order valence-corrected chi connectivity index (χ0v) is 15.9. The highest BCUT2D eigenvalue weighted by molar-refractivity contribution is 7.92. The maximum Gasteiger partial charge on any atom is 0.442 e. The molecule has 1 aromatic carbocycles. The maximum atomic E-state index is 12.1. The van der Waals surface area contributed by atoms with Crippen LogP contribution in [0.4, 0.5) is 5.69 Å². The summed E-state index contributed by atoms with van der Waals surface area (Å²) in [5.41, 5.74) is -0.208. The van der Waals surface area contributed by atoms with Crippen molar-refractivity contribution < 1.29 is 12.8 Å². The third kappa shape index (κ3) is 3.93. The smallest absolute Gasteiger partial charge is 0.391 e. The highest BCUT2D eigenvalue weighted by Gasteiger charge is 2.24. The van der Waals surface area contributed by atoms with Crippen LogP contribution in [0.3, 0.4) is 0 Å².